The number of nitrogens with one attached hydrogen (secondary N) is 1. The molecule has 66 heavy (non-hydrogen) atoms. The SMILES string of the molecule is O=C(C[C@@H](c1ccccc1)c1cccc(OCc2ccc(C(=O)N(CCCCC[C@H](O)c3ccc(O)c4[nH]c(=O)ccc34)Cc3ccccc3C(F)(F)F)cc2)c1)O[C@H]1CN2CCC1CC2. The second-order valence-corrected chi connectivity index (χ2v) is 17.4. The normalized spacial score (nSPS) is 17.8. The molecule has 4 heterocycles. The summed E-state index contributed by atoms with van der Waals surface area (Å²) < 4.78 is 54.5. The van der Waals surface area contributed by atoms with Crippen LogP contribution in [-0.2, 0) is 28.9 Å². The number of alkyl halides is 3. The minimum absolute atomic E-state index is 0.0149. The van der Waals surface area contributed by atoms with E-state index < -0.39 is 23.8 Å². The Morgan fingerprint density at radius 3 is 2.32 bits per heavy atom. The standard InChI is InChI=1S/C53H54F3N3O7/c54-53(55,56)45-15-7-6-12-40(45)32-59(27-8-2-5-16-46(60)42-21-23-47(61)51-43(42)22-24-49(62)57-51)52(64)38-19-17-35(18-20-38)34-65-41-14-9-13-39(30-41)44(36-10-3-1-4-11-36)31-50(63)66-48-33-58-28-25-37(48)26-29-58/h1,3-4,6-7,9-15,17-24,30,37,44,46,48,60-61H,2,5,8,16,25-29,31-34H2,(H,57,62)/t44-,46-,48-/m0/s1. The van der Waals surface area contributed by atoms with Gasteiger partial charge in [-0.25, -0.2) is 0 Å². The molecular weight excluding hydrogens is 848 g/mol. The summed E-state index contributed by atoms with van der Waals surface area (Å²) in [5.41, 5.74) is 2.59. The lowest BCUT2D eigenvalue weighted by atomic mass is 9.85. The van der Waals surface area contributed by atoms with Crippen molar-refractivity contribution < 1.29 is 42.4 Å². The monoisotopic (exact) mass is 901 g/mol. The minimum atomic E-state index is -4.60. The van der Waals surface area contributed by atoms with Crippen LogP contribution in [0.3, 0.4) is 0 Å². The highest BCUT2D eigenvalue weighted by Crippen LogP contribution is 2.36. The maximum Gasteiger partial charge on any atom is 0.416 e. The van der Waals surface area contributed by atoms with Gasteiger partial charge in [0, 0.05) is 42.6 Å². The Hall–Kier alpha value is -6.44. The molecule has 10 nitrogen and oxygen atoms in total. The minimum Gasteiger partial charge on any atom is -0.506 e. The van der Waals surface area contributed by atoms with Gasteiger partial charge in [0.05, 0.1) is 23.6 Å². The number of esters is 1. The number of aromatic nitrogens is 1. The van der Waals surface area contributed by atoms with Crippen molar-refractivity contribution in [1.29, 1.82) is 0 Å². The molecule has 0 saturated carbocycles. The topological polar surface area (TPSA) is 132 Å². The first kappa shape index (κ1) is 46.1. The van der Waals surface area contributed by atoms with Gasteiger partial charge in [-0.05, 0) is 115 Å². The van der Waals surface area contributed by atoms with Gasteiger partial charge in [0.15, 0.2) is 0 Å². The van der Waals surface area contributed by atoms with Gasteiger partial charge in [-0.3, -0.25) is 19.3 Å². The predicted octanol–water partition coefficient (Wildman–Crippen LogP) is 9.93. The number of hydrogen-bond acceptors (Lipinski definition) is 8. The maximum atomic E-state index is 14.1. The third-order valence-corrected chi connectivity index (χ3v) is 13.0. The Bertz CT molecular complexity index is 2660. The first-order valence-electron chi connectivity index (χ1n) is 22.7. The molecular formula is C53H54F3N3O7. The van der Waals surface area contributed by atoms with E-state index in [0.29, 0.717) is 53.9 Å². The van der Waals surface area contributed by atoms with E-state index in [1.807, 2.05) is 54.6 Å². The lowest BCUT2D eigenvalue weighted by Gasteiger charge is -2.44. The van der Waals surface area contributed by atoms with Crippen LogP contribution in [0.15, 0.2) is 132 Å². The van der Waals surface area contributed by atoms with Crippen LogP contribution >= 0.6 is 0 Å². The molecule has 0 radical (unpaired) electrons. The Morgan fingerprint density at radius 1 is 0.833 bits per heavy atom. The van der Waals surface area contributed by atoms with Gasteiger partial charge in [0.25, 0.3) is 5.91 Å². The van der Waals surface area contributed by atoms with Crippen LogP contribution in [0.25, 0.3) is 10.9 Å². The number of ether oxygens (including phenoxy) is 2. The van der Waals surface area contributed by atoms with Crippen LogP contribution < -0.4 is 10.3 Å². The summed E-state index contributed by atoms with van der Waals surface area (Å²) in [5, 5.41) is 21.8. The number of nitrogens with zero attached hydrogens (tertiary/aromatic N) is 2. The summed E-state index contributed by atoms with van der Waals surface area (Å²) in [6, 6.07) is 35.5. The van der Waals surface area contributed by atoms with E-state index in [2.05, 4.69) is 9.88 Å². The van der Waals surface area contributed by atoms with Gasteiger partial charge < -0.3 is 29.6 Å². The summed E-state index contributed by atoms with van der Waals surface area (Å²) in [7, 11) is 0. The van der Waals surface area contributed by atoms with Crippen molar-refractivity contribution in [2.24, 2.45) is 5.92 Å². The van der Waals surface area contributed by atoms with Gasteiger partial charge in [-0.15, -0.1) is 0 Å². The highest BCUT2D eigenvalue weighted by Gasteiger charge is 2.37. The molecule has 5 aromatic carbocycles. The molecule has 9 rings (SSSR count). The van der Waals surface area contributed by atoms with Crippen molar-refractivity contribution in [2.45, 2.75) is 82.4 Å². The molecule has 3 N–H and O–H groups in total. The number of unbranched alkanes of at least 4 members (excludes halogenated alkanes) is 2. The number of pyridine rings is 1. The van der Waals surface area contributed by atoms with Crippen LogP contribution in [0.1, 0.15) is 101 Å². The number of H-pyrrole nitrogens is 1. The van der Waals surface area contributed by atoms with E-state index in [-0.39, 0.29) is 66.5 Å². The molecule has 3 fully saturated rings. The molecule has 2 bridgehead atoms. The van der Waals surface area contributed by atoms with Crippen LogP contribution in [0.4, 0.5) is 13.2 Å². The number of halogens is 3. The van der Waals surface area contributed by atoms with Gasteiger partial charge in [0.2, 0.25) is 5.56 Å². The smallest absolute Gasteiger partial charge is 0.416 e. The highest BCUT2D eigenvalue weighted by molar-refractivity contribution is 5.94. The number of hydrogen-bond donors (Lipinski definition) is 3. The molecule has 0 aliphatic carbocycles. The van der Waals surface area contributed by atoms with E-state index in [4.69, 9.17) is 9.47 Å². The van der Waals surface area contributed by atoms with E-state index >= 15 is 0 Å². The number of amides is 1. The van der Waals surface area contributed by atoms with Gasteiger partial charge >= 0.3 is 12.1 Å². The first-order chi connectivity index (χ1) is 31.9. The van der Waals surface area contributed by atoms with E-state index in [0.717, 1.165) is 55.2 Å². The molecule has 13 heteroatoms. The second-order valence-electron chi connectivity index (χ2n) is 17.4. The Kier molecular flexibility index (Phi) is 14.5. The number of carbonyl (C=O) groups is 2. The molecule has 3 saturated heterocycles. The van der Waals surface area contributed by atoms with Crippen LogP contribution in [-0.4, -0.2) is 69.2 Å². The molecule has 3 atom stereocenters. The number of rotatable bonds is 18. The number of aliphatic hydroxyl groups excluding tert-OH is 1. The number of phenols is 1. The second kappa shape index (κ2) is 20.8. The quantitative estimate of drug-likeness (QED) is 0.0574. The van der Waals surface area contributed by atoms with Crippen LogP contribution in [0.5, 0.6) is 11.5 Å². The number of benzene rings is 5. The average molecular weight is 902 g/mol. The summed E-state index contributed by atoms with van der Waals surface area (Å²) in [6.45, 7) is 3.03. The van der Waals surface area contributed by atoms with Crippen molar-refractivity contribution in [3.05, 3.63) is 177 Å². The molecule has 1 aromatic heterocycles. The number of phenolic OH excluding ortho intramolecular Hbond substituents is 1. The molecule has 6 aromatic rings. The zero-order valence-corrected chi connectivity index (χ0v) is 36.6. The summed E-state index contributed by atoms with van der Waals surface area (Å²) in [6.07, 6.45) is -1.34. The molecule has 344 valence electrons. The molecule has 0 unspecified atom stereocenters. The highest BCUT2D eigenvalue weighted by atomic mass is 19.4. The lowest BCUT2D eigenvalue weighted by molar-refractivity contribution is -0.159. The fraction of sp³-hybridized carbons (Fsp3) is 0.340. The number of aliphatic hydroxyl groups is 1. The molecule has 1 amide bonds. The van der Waals surface area contributed by atoms with Gasteiger partial charge in [-0.1, -0.05) is 91.7 Å². The summed E-state index contributed by atoms with van der Waals surface area (Å²) in [4.78, 5) is 45.7. The van der Waals surface area contributed by atoms with E-state index in [1.54, 1.807) is 36.4 Å². The van der Waals surface area contributed by atoms with E-state index in [9.17, 15) is 37.8 Å². The fourth-order valence-electron chi connectivity index (χ4n) is 9.37. The van der Waals surface area contributed by atoms with Crippen LogP contribution in [0.2, 0.25) is 0 Å². The van der Waals surface area contributed by atoms with Gasteiger partial charge in [0.1, 0.15) is 24.2 Å². The largest absolute Gasteiger partial charge is 0.506 e. The Morgan fingerprint density at radius 2 is 1.58 bits per heavy atom. The molecule has 3 aliphatic rings. The average Bonchev–Trinajstić information content (AvgIpc) is 3.33. The number of fused-ring (bicyclic) bond motifs is 4. The van der Waals surface area contributed by atoms with Crippen molar-refractivity contribution in [2.75, 3.05) is 26.2 Å². The van der Waals surface area contributed by atoms with Crippen molar-refractivity contribution in [3.8, 4) is 11.5 Å². The lowest BCUT2D eigenvalue weighted by Crippen LogP contribution is -2.52. The number of aromatic amines is 1. The zero-order chi connectivity index (χ0) is 46.2. The number of aromatic hydroxyl groups is 1. The van der Waals surface area contributed by atoms with Crippen molar-refractivity contribution in [1.82, 2.24) is 14.8 Å². The number of carbonyl (C=O) groups excluding carboxylic acids is 2. The predicted molar refractivity (Wildman–Crippen MR) is 245 cm³/mol. The molecule has 3 aliphatic heterocycles. The third-order valence-electron chi connectivity index (χ3n) is 13.0. The first-order valence-corrected chi connectivity index (χ1v) is 22.7. The number of piperidine rings is 3. The fourth-order valence-corrected chi connectivity index (χ4v) is 9.37. The zero-order valence-electron chi connectivity index (χ0n) is 36.6. The summed E-state index contributed by atoms with van der Waals surface area (Å²) >= 11 is 0. The maximum absolute atomic E-state index is 14.1. The Balaban J connectivity index is 0.906. The van der Waals surface area contributed by atoms with Gasteiger partial charge in [-0.2, -0.15) is 13.2 Å². The third kappa shape index (κ3) is 11.3. The Labute approximate surface area is 381 Å². The molecule has 0 spiro atoms. The van der Waals surface area contributed by atoms with Crippen LogP contribution in [0, 0.1) is 5.92 Å². The van der Waals surface area contributed by atoms with Crippen molar-refractivity contribution >= 4 is 22.8 Å². The van der Waals surface area contributed by atoms with E-state index in [1.165, 1.54) is 35.2 Å². The summed E-state index contributed by atoms with van der Waals surface area (Å²) in [5.74, 6) is 0.0299. The van der Waals surface area contributed by atoms with Crippen molar-refractivity contribution in [3.63, 3.8) is 0 Å².